The molecule has 0 spiro atoms. The van der Waals surface area contributed by atoms with Crippen molar-refractivity contribution in [2.75, 3.05) is 13.2 Å². The fourth-order valence-corrected chi connectivity index (χ4v) is 3.37. The molecule has 2 aromatic rings. The third-order valence-electron chi connectivity index (χ3n) is 4.55. The van der Waals surface area contributed by atoms with E-state index in [1.165, 1.54) is 23.4 Å². The number of rotatable bonds is 4. The molecule has 0 fully saturated rings. The van der Waals surface area contributed by atoms with Gasteiger partial charge in [-0.3, -0.25) is 0 Å². The van der Waals surface area contributed by atoms with E-state index in [1.54, 1.807) is 0 Å². The van der Waals surface area contributed by atoms with Crippen molar-refractivity contribution in [2.24, 2.45) is 5.92 Å². The highest BCUT2D eigenvalue weighted by Crippen LogP contribution is 2.25. The Morgan fingerprint density at radius 2 is 2.33 bits per heavy atom. The highest BCUT2D eigenvalue weighted by atomic mass is 16.5. The number of aromatic nitrogens is 2. The average molecular weight is 283 g/mol. The van der Waals surface area contributed by atoms with Crippen molar-refractivity contribution >= 4 is 0 Å². The van der Waals surface area contributed by atoms with E-state index >= 15 is 0 Å². The second kappa shape index (κ2) is 5.53. The van der Waals surface area contributed by atoms with E-state index in [-0.39, 0.29) is 0 Å². The third-order valence-corrected chi connectivity index (χ3v) is 4.55. The Balaban J connectivity index is 1.30. The van der Waals surface area contributed by atoms with Crippen LogP contribution in [0.4, 0.5) is 0 Å². The summed E-state index contributed by atoms with van der Waals surface area (Å²) in [4.78, 5) is 4.38. The molecule has 4 heteroatoms. The third kappa shape index (κ3) is 2.68. The van der Waals surface area contributed by atoms with E-state index in [4.69, 9.17) is 4.74 Å². The number of benzene rings is 1. The van der Waals surface area contributed by atoms with Gasteiger partial charge in [0.2, 0.25) is 0 Å². The predicted octanol–water partition coefficient (Wildman–Crippen LogP) is 2.17. The maximum absolute atomic E-state index is 5.55. The molecule has 2 aliphatic heterocycles. The summed E-state index contributed by atoms with van der Waals surface area (Å²) in [6.45, 7) is 3.95. The number of aryl methyl sites for hydroxylation is 1. The van der Waals surface area contributed by atoms with Gasteiger partial charge in [-0.2, -0.15) is 0 Å². The molecular weight excluding hydrogens is 262 g/mol. The second-order valence-corrected chi connectivity index (χ2v) is 6.07. The number of hydrogen-bond donors (Lipinski definition) is 1. The van der Waals surface area contributed by atoms with Crippen LogP contribution in [-0.2, 0) is 25.9 Å². The second-order valence-electron chi connectivity index (χ2n) is 6.07. The first-order chi connectivity index (χ1) is 10.4. The van der Waals surface area contributed by atoms with Crippen LogP contribution < -0.4 is 10.1 Å². The van der Waals surface area contributed by atoms with Crippen molar-refractivity contribution < 1.29 is 4.74 Å². The molecule has 0 aliphatic carbocycles. The van der Waals surface area contributed by atoms with Crippen LogP contribution in [0.15, 0.2) is 30.6 Å². The van der Waals surface area contributed by atoms with Crippen LogP contribution in [0.25, 0.3) is 0 Å². The fraction of sp³-hybridized carbons (Fsp3) is 0.471. The lowest BCUT2D eigenvalue weighted by Gasteiger charge is -2.24. The standard InChI is InChI=1S/C17H21N3O/c1-3-16-15(5-8-21-16)9-13(1)10-18-11-14-2-4-17-19-6-7-20(17)12-14/h1,3,6-7,9,14,18H,2,4-5,8,10-12H2/t14-/m1/s1. The fourth-order valence-electron chi connectivity index (χ4n) is 3.37. The van der Waals surface area contributed by atoms with Crippen LogP contribution in [0, 0.1) is 5.92 Å². The molecule has 1 aromatic carbocycles. The van der Waals surface area contributed by atoms with Gasteiger partial charge in [0.05, 0.1) is 6.61 Å². The van der Waals surface area contributed by atoms with Crippen molar-refractivity contribution in [3.8, 4) is 5.75 Å². The Bertz CT molecular complexity index is 635. The zero-order chi connectivity index (χ0) is 14.1. The van der Waals surface area contributed by atoms with Crippen molar-refractivity contribution in [1.29, 1.82) is 0 Å². The molecule has 4 nitrogen and oxygen atoms in total. The number of fused-ring (bicyclic) bond motifs is 2. The summed E-state index contributed by atoms with van der Waals surface area (Å²) in [5, 5.41) is 3.61. The predicted molar refractivity (Wildman–Crippen MR) is 81.4 cm³/mol. The first kappa shape index (κ1) is 12.9. The zero-order valence-corrected chi connectivity index (χ0v) is 12.2. The summed E-state index contributed by atoms with van der Waals surface area (Å²) in [5.41, 5.74) is 2.72. The summed E-state index contributed by atoms with van der Waals surface area (Å²) in [6.07, 6.45) is 7.41. The molecule has 1 N–H and O–H groups in total. The summed E-state index contributed by atoms with van der Waals surface area (Å²) in [6, 6.07) is 6.56. The largest absolute Gasteiger partial charge is 0.493 e. The number of nitrogens with zero attached hydrogens (tertiary/aromatic N) is 2. The van der Waals surface area contributed by atoms with Crippen LogP contribution in [0.1, 0.15) is 23.4 Å². The molecule has 21 heavy (non-hydrogen) atoms. The quantitative estimate of drug-likeness (QED) is 0.934. The van der Waals surface area contributed by atoms with Crippen molar-refractivity contribution in [3.63, 3.8) is 0 Å². The van der Waals surface area contributed by atoms with Crippen molar-refractivity contribution in [2.45, 2.75) is 32.4 Å². The van der Waals surface area contributed by atoms with Gasteiger partial charge in [-0.1, -0.05) is 12.1 Å². The van der Waals surface area contributed by atoms with Gasteiger partial charge in [0, 0.05) is 38.3 Å². The minimum atomic E-state index is 0.712. The number of nitrogens with one attached hydrogen (secondary N) is 1. The molecule has 0 saturated heterocycles. The van der Waals surface area contributed by atoms with Gasteiger partial charge in [-0.15, -0.1) is 0 Å². The normalized spacial score (nSPS) is 19.9. The molecule has 0 unspecified atom stereocenters. The molecule has 3 heterocycles. The van der Waals surface area contributed by atoms with Crippen molar-refractivity contribution in [1.82, 2.24) is 14.9 Å². The summed E-state index contributed by atoms with van der Waals surface area (Å²) < 4.78 is 7.84. The van der Waals surface area contributed by atoms with E-state index in [1.807, 2.05) is 6.20 Å². The van der Waals surface area contributed by atoms with Gasteiger partial charge in [-0.25, -0.2) is 4.98 Å². The van der Waals surface area contributed by atoms with Gasteiger partial charge >= 0.3 is 0 Å². The van der Waals surface area contributed by atoms with E-state index in [2.05, 4.69) is 39.3 Å². The van der Waals surface area contributed by atoms with Gasteiger partial charge in [0.25, 0.3) is 0 Å². The van der Waals surface area contributed by atoms with Gasteiger partial charge in [0.1, 0.15) is 11.6 Å². The van der Waals surface area contributed by atoms with Crippen LogP contribution in [0.2, 0.25) is 0 Å². The number of imidazole rings is 1. The summed E-state index contributed by atoms with van der Waals surface area (Å²) in [5.74, 6) is 3.02. The van der Waals surface area contributed by atoms with Crippen LogP contribution in [0.5, 0.6) is 5.75 Å². The lowest BCUT2D eigenvalue weighted by Crippen LogP contribution is -2.29. The minimum absolute atomic E-state index is 0.712. The molecule has 0 bridgehead atoms. The summed E-state index contributed by atoms with van der Waals surface area (Å²) in [7, 11) is 0. The Morgan fingerprint density at radius 1 is 1.33 bits per heavy atom. The zero-order valence-electron chi connectivity index (χ0n) is 12.2. The van der Waals surface area contributed by atoms with E-state index in [0.29, 0.717) is 5.92 Å². The monoisotopic (exact) mass is 283 g/mol. The molecule has 110 valence electrons. The van der Waals surface area contributed by atoms with Gasteiger partial charge in [0.15, 0.2) is 0 Å². The highest BCUT2D eigenvalue weighted by molar-refractivity contribution is 5.39. The molecular formula is C17H21N3O. The Kier molecular flexibility index (Phi) is 3.39. The van der Waals surface area contributed by atoms with E-state index < -0.39 is 0 Å². The van der Waals surface area contributed by atoms with Crippen LogP contribution in [0.3, 0.4) is 0 Å². The molecule has 4 rings (SSSR count). The number of ether oxygens (including phenoxy) is 1. The first-order valence-electron chi connectivity index (χ1n) is 7.84. The van der Waals surface area contributed by atoms with E-state index in [0.717, 1.165) is 44.8 Å². The van der Waals surface area contributed by atoms with Gasteiger partial charge in [-0.05, 0) is 36.1 Å². The van der Waals surface area contributed by atoms with Crippen molar-refractivity contribution in [3.05, 3.63) is 47.5 Å². The lowest BCUT2D eigenvalue weighted by atomic mass is 9.99. The first-order valence-corrected chi connectivity index (χ1v) is 7.84. The maximum atomic E-state index is 5.55. The Hall–Kier alpha value is -1.81. The van der Waals surface area contributed by atoms with Gasteiger partial charge < -0.3 is 14.6 Å². The Morgan fingerprint density at radius 3 is 3.33 bits per heavy atom. The average Bonchev–Trinajstić information content (AvgIpc) is 3.14. The SMILES string of the molecule is c1cn2c(n1)CC[C@H](CNCc1ccc3c(c1)CCO3)C2. The van der Waals surface area contributed by atoms with Crippen LogP contribution in [-0.4, -0.2) is 22.7 Å². The summed E-state index contributed by atoms with van der Waals surface area (Å²) >= 11 is 0. The smallest absolute Gasteiger partial charge is 0.122 e. The molecule has 0 saturated carbocycles. The molecule has 1 aromatic heterocycles. The topological polar surface area (TPSA) is 39.1 Å². The molecule has 0 amide bonds. The number of hydrogen-bond acceptors (Lipinski definition) is 3. The molecule has 0 radical (unpaired) electrons. The Labute approximate surface area is 125 Å². The lowest BCUT2D eigenvalue weighted by molar-refractivity contribution is 0.347. The van der Waals surface area contributed by atoms with Crippen LogP contribution >= 0.6 is 0 Å². The van der Waals surface area contributed by atoms with E-state index in [9.17, 15) is 0 Å². The maximum Gasteiger partial charge on any atom is 0.122 e. The molecule has 2 aliphatic rings. The minimum Gasteiger partial charge on any atom is -0.493 e. The molecule has 1 atom stereocenters. The highest BCUT2D eigenvalue weighted by Gasteiger charge is 2.18.